The number of hydrogen-bond donors (Lipinski definition) is 0. The van der Waals surface area contributed by atoms with E-state index in [4.69, 9.17) is 9.47 Å². The molecule has 1 rings (SSSR count). The van der Waals surface area contributed by atoms with E-state index in [9.17, 15) is 0 Å². The molecule has 1 aliphatic heterocycles. The van der Waals surface area contributed by atoms with Gasteiger partial charge in [-0.2, -0.15) is 0 Å². The first-order valence-corrected chi connectivity index (χ1v) is 3.27. The van der Waals surface area contributed by atoms with Crippen LogP contribution in [0.15, 0.2) is 12.5 Å². The van der Waals surface area contributed by atoms with E-state index in [-0.39, 0.29) is 0 Å². The van der Waals surface area contributed by atoms with Crippen molar-refractivity contribution < 1.29 is 9.47 Å². The summed E-state index contributed by atoms with van der Waals surface area (Å²) in [6.45, 7) is 2.14. The van der Waals surface area contributed by atoms with Gasteiger partial charge in [-0.15, -0.1) is 0 Å². The first-order valence-electron chi connectivity index (χ1n) is 3.27. The Bertz CT molecular complexity index is 91.1. The Balaban J connectivity index is 2.01. The highest BCUT2D eigenvalue weighted by atomic mass is 16.7. The fourth-order valence-corrected chi connectivity index (χ4v) is 0.674. The van der Waals surface area contributed by atoms with Gasteiger partial charge in [0.1, 0.15) is 12.5 Å². The van der Waals surface area contributed by atoms with Gasteiger partial charge in [-0.25, -0.2) is 0 Å². The minimum atomic E-state index is 0.733. The minimum Gasteiger partial charge on any atom is -0.450 e. The predicted molar refractivity (Wildman–Crippen MR) is 34.1 cm³/mol. The zero-order chi connectivity index (χ0) is 6.53. The third kappa shape index (κ3) is 1.96. The van der Waals surface area contributed by atoms with E-state index in [1.165, 1.54) is 6.42 Å². The van der Waals surface area contributed by atoms with E-state index < -0.39 is 0 Å². The van der Waals surface area contributed by atoms with E-state index >= 15 is 0 Å². The molecule has 2 nitrogen and oxygen atoms in total. The highest BCUT2D eigenvalue weighted by Crippen LogP contribution is 2.19. The molecule has 0 aromatic heterocycles. The van der Waals surface area contributed by atoms with Gasteiger partial charge in [0.15, 0.2) is 0 Å². The van der Waals surface area contributed by atoms with E-state index in [1.807, 2.05) is 0 Å². The lowest BCUT2D eigenvalue weighted by Gasteiger charge is -2.04. The lowest BCUT2D eigenvalue weighted by molar-refractivity contribution is 0.0846. The molecule has 0 saturated carbocycles. The Morgan fingerprint density at radius 3 is 2.56 bits per heavy atom. The summed E-state index contributed by atoms with van der Waals surface area (Å²) in [5.41, 5.74) is 0. The zero-order valence-corrected chi connectivity index (χ0v) is 5.59. The highest BCUT2D eigenvalue weighted by molar-refractivity contribution is 4.81. The molecule has 0 spiro atoms. The van der Waals surface area contributed by atoms with Crippen molar-refractivity contribution in [1.29, 1.82) is 0 Å². The first kappa shape index (κ1) is 6.46. The Labute approximate surface area is 55.5 Å². The molecule has 0 bridgehead atoms. The maximum atomic E-state index is 4.97. The standard InChI is InChI=1S/C7H11O2/c1-2-3-4-7-8-5-6-9-7/h5-6H,2-4H2,1H3. The first-order chi connectivity index (χ1) is 4.43. The molecule has 0 aliphatic carbocycles. The molecule has 0 fully saturated rings. The molecule has 1 radical (unpaired) electrons. The number of ether oxygens (including phenoxy) is 2. The van der Waals surface area contributed by atoms with E-state index in [0.29, 0.717) is 0 Å². The van der Waals surface area contributed by atoms with Crippen molar-refractivity contribution >= 4 is 0 Å². The van der Waals surface area contributed by atoms with Crippen LogP contribution in [0.25, 0.3) is 0 Å². The molecule has 1 heterocycles. The molecule has 0 amide bonds. The molecule has 0 unspecified atom stereocenters. The second-order valence-corrected chi connectivity index (χ2v) is 1.98. The molecular formula is C7H11O2. The third-order valence-corrected chi connectivity index (χ3v) is 1.19. The lowest BCUT2D eigenvalue weighted by Crippen LogP contribution is -1.94. The quantitative estimate of drug-likeness (QED) is 0.578. The van der Waals surface area contributed by atoms with Crippen LogP contribution >= 0.6 is 0 Å². The highest BCUT2D eigenvalue weighted by Gasteiger charge is 2.13. The van der Waals surface area contributed by atoms with Crippen molar-refractivity contribution in [3.63, 3.8) is 0 Å². The van der Waals surface area contributed by atoms with Crippen molar-refractivity contribution in [2.45, 2.75) is 26.2 Å². The largest absolute Gasteiger partial charge is 0.450 e. The monoisotopic (exact) mass is 127 g/mol. The van der Waals surface area contributed by atoms with Gasteiger partial charge in [-0.3, -0.25) is 0 Å². The number of hydrogen-bond acceptors (Lipinski definition) is 2. The Hall–Kier alpha value is -0.660. The molecular weight excluding hydrogens is 116 g/mol. The van der Waals surface area contributed by atoms with Gasteiger partial charge in [0.2, 0.25) is 0 Å². The van der Waals surface area contributed by atoms with Gasteiger partial charge < -0.3 is 9.47 Å². The second kappa shape index (κ2) is 3.38. The van der Waals surface area contributed by atoms with Gasteiger partial charge in [-0.1, -0.05) is 13.3 Å². The topological polar surface area (TPSA) is 18.5 Å². The van der Waals surface area contributed by atoms with Crippen molar-refractivity contribution in [3.05, 3.63) is 18.8 Å². The second-order valence-electron chi connectivity index (χ2n) is 1.98. The molecule has 1 aliphatic rings. The Kier molecular flexibility index (Phi) is 2.43. The van der Waals surface area contributed by atoms with Crippen molar-refractivity contribution in [2.24, 2.45) is 0 Å². The molecule has 0 atom stereocenters. The van der Waals surface area contributed by atoms with Crippen LogP contribution < -0.4 is 0 Å². The maximum absolute atomic E-state index is 4.97. The molecule has 2 heteroatoms. The molecule has 0 N–H and O–H groups in total. The summed E-state index contributed by atoms with van der Waals surface area (Å²) in [5.74, 6) is 0. The summed E-state index contributed by atoms with van der Waals surface area (Å²) in [6, 6.07) is 0. The molecule has 51 valence electrons. The van der Waals surface area contributed by atoms with Gasteiger partial charge in [-0.05, 0) is 6.42 Å². The average molecular weight is 127 g/mol. The molecule has 0 saturated heterocycles. The summed E-state index contributed by atoms with van der Waals surface area (Å²) >= 11 is 0. The summed E-state index contributed by atoms with van der Waals surface area (Å²) in [5, 5.41) is 0. The predicted octanol–water partition coefficient (Wildman–Crippen LogP) is 2.18. The smallest absolute Gasteiger partial charge is 0.328 e. The summed E-state index contributed by atoms with van der Waals surface area (Å²) in [7, 11) is 0. The number of unbranched alkanes of at least 4 members (excludes halogenated alkanes) is 1. The van der Waals surface area contributed by atoms with E-state index in [2.05, 4.69) is 6.92 Å². The Morgan fingerprint density at radius 2 is 2.00 bits per heavy atom. The van der Waals surface area contributed by atoms with Crippen LogP contribution in [0.2, 0.25) is 0 Å². The maximum Gasteiger partial charge on any atom is 0.328 e. The fraction of sp³-hybridized carbons (Fsp3) is 0.571. The lowest BCUT2D eigenvalue weighted by atomic mass is 10.2. The van der Waals surface area contributed by atoms with Crippen LogP contribution in [-0.2, 0) is 9.47 Å². The molecule has 9 heavy (non-hydrogen) atoms. The average Bonchev–Trinajstić information content (AvgIpc) is 2.34. The minimum absolute atomic E-state index is 0.733. The summed E-state index contributed by atoms with van der Waals surface area (Å²) in [6.07, 6.45) is 7.09. The van der Waals surface area contributed by atoms with E-state index in [0.717, 1.165) is 19.1 Å². The van der Waals surface area contributed by atoms with Crippen LogP contribution in [0.4, 0.5) is 0 Å². The van der Waals surface area contributed by atoms with Crippen molar-refractivity contribution in [1.82, 2.24) is 0 Å². The molecule has 0 aromatic rings. The van der Waals surface area contributed by atoms with Crippen LogP contribution in [0.1, 0.15) is 26.2 Å². The summed E-state index contributed by atoms with van der Waals surface area (Å²) < 4.78 is 9.94. The third-order valence-electron chi connectivity index (χ3n) is 1.19. The van der Waals surface area contributed by atoms with Gasteiger partial charge in [0, 0.05) is 6.42 Å². The van der Waals surface area contributed by atoms with Crippen LogP contribution in [0.5, 0.6) is 0 Å². The number of rotatable bonds is 3. The van der Waals surface area contributed by atoms with Crippen LogP contribution in [0.3, 0.4) is 0 Å². The normalized spacial score (nSPS) is 17.4. The van der Waals surface area contributed by atoms with Crippen molar-refractivity contribution in [3.8, 4) is 0 Å². The Morgan fingerprint density at radius 1 is 1.33 bits per heavy atom. The van der Waals surface area contributed by atoms with Crippen LogP contribution in [0, 0.1) is 6.29 Å². The van der Waals surface area contributed by atoms with Crippen molar-refractivity contribution in [2.75, 3.05) is 0 Å². The molecule has 0 aromatic carbocycles. The van der Waals surface area contributed by atoms with Gasteiger partial charge in [0.25, 0.3) is 0 Å². The SMILES string of the molecule is CCCC[C]1OC=CO1. The van der Waals surface area contributed by atoms with Crippen LogP contribution in [-0.4, -0.2) is 0 Å². The zero-order valence-electron chi connectivity index (χ0n) is 5.59. The van der Waals surface area contributed by atoms with Gasteiger partial charge >= 0.3 is 6.29 Å². The van der Waals surface area contributed by atoms with Gasteiger partial charge in [0.05, 0.1) is 0 Å². The summed E-state index contributed by atoms with van der Waals surface area (Å²) in [4.78, 5) is 0. The fourth-order valence-electron chi connectivity index (χ4n) is 0.674. The van der Waals surface area contributed by atoms with E-state index in [1.54, 1.807) is 12.5 Å².